The van der Waals surface area contributed by atoms with Crippen LogP contribution in [0.25, 0.3) is 0 Å². The largest absolute Gasteiger partial charge is 0.480 e. The van der Waals surface area contributed by atoms with Crippen LogP contribution in [0.4, 0.5) is 5.69 Å². The summed E-state index contributed by atoms with van der Waals surface area (Å²) in [6, 6.07) is 11.1. The molecule has 1 heterocycles. The van der Waals surface area contributed by atoms with E-state index >= 15 is 0 Å². The molecule has 98 valence electrons. The molecule has 2 nitrogen and oxygen atoms in total. The van der Waals surface area contributed by atoms with Gasteiger partial charge < -0.3 is 10.1 Å². The van der Waals surface area contributed by atoms with Crippen LogP contribution in [-0.2, 0) is 0 Å². The highest BCUT2D eigenvalue weighted by Crippen LogP contribution is 2.41. The number of benzene rings is 2. The predicted octanol–water partition coefficient (Wildman–Crippen LogP) is 5.19. The van der Waals surface area contributed by atoms with E-state index in [2.05, 4.69) is 5.32 Å². The molecule has 19 heavy (non-hydrogen) atoms. The first kappa shape index (κ1) is 12.9. The Balaban J connectivity index is 1.94. The summed E-state index contributed by atoms with van der Waals surface area (Å²) in [5.41, 5.74) is 1.83. The zero-order chi connectivity index (χ0) is 13.4. The zero-order valence-corrected chi connectivity index (χ0v) is 12.1. The summed E-state index contributed by atoms with van der Waals surface area (Å²) in [5.74, 6) is 0.627. The van der Waals surface area contributed by atoms with Gasteiger partial charge in [0, 0.05) is 10.0 Å². The number of nitrogens with one attached hydrogen (secondary N) is 1. The average molecular weight is 315 g/mol. The molecule has 0 saturated heterocycles. The Morgan fingerprint density at radius 1 is 1.05 bits per heavy atom. The molecule has 5 heteroatoms. The van der Waals surface area contributed by atoms with Gasteiger partial charge in [-0.3, -0.25) is 0 Å². The maximum atomic E-state index is 6.16. The smallest absolute Gasteiger partial charge is 0.162 e. The molecule has 0 saturated carbocycles. The molecule has 3 rings (SSSR count). The predicted molar refractivity (Wildman–Crippen MR) is 79.8 cm³/mol. The maximum absolute atomic E-state index is 6.16. The van der Waals surface area contributed by atoms with Crippen LogP contribution in [0.2, 0.25) is 15.1 Å². The van der Waals surface area contributed by atoms with Crippen molar-refractivity contribution >= 4 is 40.5 Å². The van der Waals surface area contributed by atoms with Crippen LogP contribution in [-0.4, -0.2) is 6.54 Å². The fraction of sp³-hybridized carbons (Fsp3) is 0.143. The van der Waals surface area contributed by atoms with E-state index in [9.17, 15) is 0 Å². The Kier molecular flexibility index (Phi) is 3.48. The summed E-state index contributed by atoms with van der Waals surface area (Å²) < 4.78 is 5.95. The van der Waals surface area contributed by atoms with Gasteiger partial charge in [0.2, 0.25) is 0 Å². The second kappa shape index (κ2) is 5.12. The van der Waals surface area contributed by atoms with Crippen molar-refractivity contribution in [3.05, 3.63) is 57.0 Å². The van der Waals surface area contributed by atoms with Gasteiger partial charge in [-0.1, -0.05) is 46.9 Å². The van der Waals surface area contributed by atoms with E-state index in [0.29, 0.717) is 27.4 Å². The Labute approximate surface area is 126 Å². The van der Waals surface area contributed by atoms with Gasteiger partial charge >= 0.3 is 0 Å². The molecule has 0 aliphatic carbocycles. The molecule has 0 bridgehead atoms. The molecule has 2 aromatic rings. The number of ether oxygens (including phenoxy) is 1. The molecule has 0 radical (unpaired) electrons. The number of hydrogen-bond donors (Lipinski definition) is 1. The van der Waals surface area contributed by atoms with Gasteiger partial charge in [0.05, 0.1) is 17.3 Å². The normalized spacial score (nSPS) is 17.3. The molecule has 0 amide bonds. The molecular weight excluding hydrogens is 305 g/mol. The number of rotatable bonds is 1. The Morgan fingerprint density at radius 3 is 2.68 bits per heavy atom. The first-order chi connectivity index (χ1) is 9.13. The summed E-state index contributed by atoms with van der Waals surface area (Å²) in [5, 5.41) is 5.05. The number of anilines is 1. The summed E-state index contributed by atoms with van der Waals surface area (Å²) in [6.45, 7) is 0.643. The van der Waals surface area contributed by atoms with Crippen LogP contribution in [0, 0.1) is 0 Å². The van der Waals surface area contributed by atoms with E-state index < -0.39 is 0 Å². The first-order valence-electron chi connectivity index (χ1n) is 5.78. The molecular formula is C14H10Cl3NO. The highest BCUT2D eigenvalue weighted by Gasteiger charge is 2.23. The lowest BCUT2D eigenvalue weighted by atomic mass is 10.1. The standard InChI is InChI=1S/C14H10Cl3NO/c15-9-3-1-2-8(4-9)13-7-18-12-6-10(16)5-11(17)14(12)19-13/h1-6,13,18H,7H2. The van der Waals surface area contributed by atoms with Gasteiger partial charge in [0.25, 0.3) is 0 Å². The molecule has 1 aliphatic heterocycles. The Morgan fingerprint density at radius 2 is 1.89 bits per heavy atom. The van der Waals surface area contributed by atoms with Crippen molar-refractivity contribution < 1.29 is 4.74 Å². The number of fused-ring (bicyclic) bond motifs is 1. The lowest BCUT2D eigenvalue weighted by Crippen LogP contribution is -2.23. The van der Waals surface area contributed by atoms with Crippen molar-refractivity contribution in [3.63, 3.8) is 0 Å². The fourth-order valence-electron chi connectivity index (χ4n) is 2.09. The minimum atomic E-state index is -0.120. The third-order valence-electron chi connectivity index (χ3n) is 2.97. The monoisotopic (exact) mass is 313 g/mol. The SMILES string of the molecule is Clc1cccc(C2CNc3cc(Cl)cc(Cl)c3O2)c1. The number of hydrogen-bond acceptors (Lipinski definition) is 2. The topological polar surface area (TPSA) is 21.3 Å². The van der Waals surface area contributed by atoms with Gasteiger partial charge in [-0.05, 0) is 29.8 Å². The van der Waals surface area contributed by atoms with E-state index in [1.807, 2.05) is 24.3 Å². The van der Waals surface area contributed by atoms with Gasteiger partial charge in [-0.25, -0.2) is 0 Å². The number of halogens is 3. The average Bonchev–Trinajstić information content (AvgIpc) is 2.38. The van der Waals surface area contributed by atoms with Gasteiger partial charge in [-0.2, -0.15) is 0 Å². The molecule has 0 fully saturated rings. The molecule has 1 unspecified atom stereocenters. The van der Waals surface area contributed by atoms with Crippen LogP contribution < -0.4 is 10.1 Å². The highest BCUT2D eigenvalue weighted by molar-refractivity contribution is 6.36. The summed E-state index contributed by atoms with van der Waals surface area (Å²) in [6.07, 6.45) is -0.120. The van der Waals surface area contributed by atoms with Crippen molar-refractivity contribution in [2.75, 3.05) is 11.9 Å². The van der Waals surface area contributed by atoms with E-state index in [1.165, 1.54) is 0 Å². The lowest BCUT2D eigenvalue weighted by Gasteiger charge is -2.28. The Hall–Kier alpha value is -1.09. The minimum absolute atomic E-state index is 0.120. The molecule has 1 N–H and O–H groups in total. The van der Waals surface area contributed by atoms with E-state index in [0.717, 1.165) is 11.3 Å². The van der Waals surface area contributed by atoms with E-state index in [4.69, 9.17) is 39.5 Å². The first-order valence-corrected chi connectivity index (χ1v) is 6.92. The summed E-state index contributed by atoms with van der Waals surface area (Å²) in [7, 11) is 0. The quantitative estimate of drug-likeness (QED) is 0.782. The van der Waals surface area contributed by atoms with Crippen LogP contribution in [0.15, 0.2) is 36.4 Å². The summed E-state index contributed by atoms with van der Waals surface area (Å²) in [4.78, 5) is 0. The van der Waals surface area contributed by atoms with Crippen LogP contribution >= 0.6 is 34.8 Å². The fourth-order valence-corrected chi connectivity index (χ4v) is 2.83. The molecule has 2 aromatic carbocycles. The van der Waals surface area contributed by atoms with Gasteiger partial charge in [0.1, 0.15) is 6.10 Å². The van der Waals surface area contributed by atoms with Crippen molar-refractivity contribution in [1.82, 2.24) is 0 Å². The summed E-state index contributed by atoms with van der Waals surface area (Å²) >= 11 is 18.1. The maximum Gasteiger partial charge on any atom is 0.162 e. The highest BCUT2D eigenvalue weighted by atomic mass is 35.5. The van der Waals surface area contributed by atoms with Crippen molar-refractivity contribution in [2.45, 2.75) is 6.10 Å². The molecule has 1 aliphatic rings. The van der Waals surface area contributed by atoms with Crippen LogP contribution in [0.1, 0.15) is 11.7 Å². The second-order valence-corrected chi connectivity index (χ2v) is 5.59. The Bertz CT molecular complexity index is 630. The minimum Gasteiger partial charge on any atom is -0.480 e. The van der Waals surface area contributed by atoms with Gasteiger partial charge in [0.15, 0.2) is 5.75 Å². The van der Waals surface area contributed by atoms with E-state index in [-0.39, 0.29) is 6.10 Å². The third-order valence-corrected chi connectivity index (χ3v) is 3.70. The molecule has 1 atom stereocenters. The third kappa shape index (κ3) is 2.62. The van der Waals surface area contributed by atoms with Gasteiger partial charge in [-0.15, -0.1) is 0 Å². The van der Waals surface area contributed by atoms with Crippen molar-refractivity contribution in [3.8, 4) is 5.75 Å². The lowest BCUT2D eigenvalue weighted by molar-refractivity contribution is 0.210. The molecule has 0 spiro atoms. The van der Waals surface area contributed by atoms with Crippen LogP contribution in [0.3, 0.4) is 0 Å². The second-order valence-electron chi connectivity index (χ2n) is 4.31. The zero-order valence-electron chi connectivity index (χ0n) is 9.79. The van der Waals surface area contributed by atoms with E-state index in [1.54, 1.807) is 12.1 Å². The van der Waals surface area contributed by atoms with Crippen molar-refractivity contribution in [1.29, 1.82) is 0 Å². The molecule has 0 aromatic heterocycles. The van der Waals surface area contributed by atoms with Crippen molar-refractivity contribution in [2.24, 2.45) is 0 Å². The van der Waals surface area contributed by atoms with Crippen LogP contribution in [0.5, 0.6) is 5.75 Å².